The number of sulfonamides is 1. The smallest absolute Gasteiger partial charge is 0.264 e. The lowest BCUT2D eigenvalue weighted by Crippen LogP contribution is -2.48. The Hall–Kier alpha value is -2.25. The van der Waals surface area contributed by atoms with Crippen molar-refractivity contribution in [2.24, 2.45) is 0 Å². The third kappa shape index (κ3) is 5.87. The Morgan fingerprint density at radius 3 is 2.21 bits per heavy atom. The minimum atomic E-state index is -3.71. The zero-order valence-electron chi connectivity index (χ0n) is 17.3. The quantitative estimate of drug-likeness (QED) is 0.668. The number of halogens is 1. The molecule has 2 rings (SSSR count). The predicted octanol–water partition coefficient (Wildman–Crippen LogP) is 4.24. The fourth-order valence-corrected chi connectivity index (χ4v) is 3.74. The normalized spacial score (nSPS) is 12.9. The van der Waals surface area contributed by atoms with Crippen molar-refractivity contribution in [3.63, 3.8) is 0 Å². The molecule has 1 N–H and O–H groups in total. The van der Waals surface area contributed by atoms with Crippen LogP contribution < -0.4 is 14.4 Å². The number of ether oxygens (including phenoxy) is 1. The Morgan fingerprint density at radius 2 is 1.69 bits per heavy atom. The highest BCUT2D eigenvalue weighted by Gasteiger charge is 2.24. The SMILES string of the molecule is CCC(C)(C)NC(=O)C(C)Oc1ccc(N(C)S(=O)(=O)c2ccc(Cl)cc2)cc1. The number of carbonyl (C=O) groups excluding carboxylic acids is 1. The zero-order valence-corrected chi connectivity index (χ0v) is 18.8. The Morgan fingerprint density at radius 1 is 1.14 bits per heavy atom. The Bertz CT molecular complexity index is 942. The molecule has 8 heteroatoms. The van der Waals surface area contributed by atoms with Crippen LogP contribution in [0.5, 0.6) is 5.75 Å². The summed E-state index contributed by atoms with van der Waals surface area (Å²) in [5, 5.41) is 3.40. The zero-order chi connectivity index (χ0) is 21.8. The van der Waals surface area contributed by atoms with Gasteiger partial charge in [0.05, 0.1) is 10.6 Å². The summed E-state index contributed by atoms with van der Waals surface area (Å²) in [7, 11) is -2.24. The number of benzene rings is 2. The highest BCUT2D eigenvalue weighted by molar-refractivity contribution is 7.92. The first-order valence-corrected chi connectivity index (χ1v) is 11.1. The van der Waals surface area contributed by atoms with E-state index >= 15 is 0 Å². The van der Waals surface area contributed by atoms with Crippen molar-refractivity contribution in [1.29, 1.82) is 0 Å². The van der Waals surface area contributed by atoms with Crippen molar-refractivity contribution < 1.29 is 17.9 Å². The lowest BCUT2D eigenvalue weighted by Gasteiger charge is -2.26. The van der Waals surface area contributed by atoms with E-state index in [1.807, 2.05) is 20.8 Å². The maximum absolute atomic E-state index is 12.8. The summed E-state index contributed by atoms with van der Waals surface area (Å²) in [6, 6.07) is 12.5. The highest BCUT2D eigenvalue weighted by Crippen LogP contribution is 2.25. The second kappa shape index (κ2) is 9.05. The molecule has 0 spiro atoms. The third-order valence-electron chi connectivity index (χ3n) is 4.70. The molecule has 6 nitrogen and oxygen atoms in total. The number of nitrogens with one attached hydrogen (secondary N) is 1. The van der Waals surface area contributed by atoms with Gasteiger partial charge in [0.1, 0.15) is 5.75 Å². The van der Waals surface area contributed by atoms with E-state index in [1.165, 1.54) is 35.6 Å². The Kier molecular flexibility index (Phi) is 7.19. The van der Waals surface area contributed by atoms with Crippen molar-refractivity contribution in [2.45, 2.75) is 50.7 Å². The van der Waals surface area contributed by atoms with Gasteiger partial charge in [-0.25, -0.2) is 8.42 Å². The first kappa shape index (κ1) is 23.0. The van der Waals surface area contributed by atoms with Crippen LogP contribution in [0.15, 0.2) is 53.4 Å². The van der Waals surface area contributed by atoms with E-state index < -0.39 is 16.1 Å². The molecule has 0 fully saturated rings. The van der Waals surface area contributed by atoms with Gasteiger partial charge in [-0.3, -0.25) is 9.10 Å². The van der Waals surface area contributed by atoms with E-state index in [1.54, 1.807) is 31.2 Å². The molecule has 0 saturated carbocycles. The topological polar surface area (TPSA) is 75.7 Å². The van der Waals surface area contributed by atoms with Gasteiger partial charge in [0.2, 0.25) is 0 Å². The summed E-state index contributed by atoms with van der Waals surface area (Å²) in [4.78, 5) is 12.4. The molecule has 29 heavy (non-hydrogen) atoms. The molecule has 1 unspecified atom stereocenters. The molecule has 0 radical (unpaired) electrons. The average Bonchev–Trinajstić information content (AvgIpc) is 2.68. The summed E-state index contributed by atoms with van der Waals surface area (Å²) in [5.74, 6) is 0.270. The molecule has 0 aliphatic rings. The largest absolute Gasteiger partial charge is 0.481 e. The van der Waals surface area contributed by atoms with Crippen LogP contribution in [0.25, 0.3) is 0 Å². The van der Waals surface area contributed by atoms with Crippen LogP contribution in [0.4, 0.5) is 5.69 Å². The van der Waals surface area contributed by atoms with Crippen molar-refractivity contribution in [1.82, 2.24) is 5.32 Å². The maximum Gasteiger partial charge on any atom is 0.264 e. The standard InChI is InChI=1S/C21H27ClN2O4S/c1-6-21(3,4)23-20(25)15(2)28-18-11-9-17(10-12-18)24(5)29(26,27)19-13-7-16(22)8-14-19/h7-15H,6H2,1-5H3,(H,23,25). The fourth-order valence-electron chi connectivity index (χ4n) is 2.42. The molecule has 158 valence electrons. The van der Waals surface area contributed by atoms with Gasteiger partial charge in [-0.1, -0.05) is 18.5 Å². The van der Waals surface area contributed by atoms with Gasteiger partial charge < -0.3 is 10.1 Å². The number of rotatable bonds is 8. The summed E-state index contributed by atoms with van der Waals surface area (Å²) >= 11 is 5.83. The van der Waals surface area contributed by atoms with Gasteiger partial charge in [-0.15, -0.1) is 0 Å². The molecule has 1 atom stereocenters. The number of hydrogen-bond acceptors (Lipinski definition) is 4. The summed E-state index contributed by atoms with van der Waals surface area (Å²) < 4.78 is 32.4. The maximum atomic E-state index is 12.8. The van der Waals surface area contributed by atoms with Crippen LogP contribution in [0, 0.1) is 0 Å². The number of hydrogen-bond donors (Lipinski definition) is 1. The van der Waals surface area contributed by atoms with Gasteiger partial charge >= 0.3 is 0 Å². The molecular weight excluding hydrogens is 412 g/mol. The first-order valence-electron chi connectivity index (χ1n) is 9.29. The lowest BCUT2D eigenvalue weighted by atomic mass is 10.0. The first-order chi connectivity index (χ1) is 13.5. The fraction of sp³-hybridized carbons (Fsp3) is 0.381. The Labute approximate surface area is 177 Å². The number of anilines is 1. The summed E-state index contributed by atoms with van der Waals surface area (Å²) in [6.07, 6.45) is 0.122. The average molecular weight is 439 g/mol. The van der Waals surface area contributed by atoms with Gasteiger partial charge in [-0.05, 0) is 75.7 Å². The van der Waals surface area contributed by atoms with Crippen molar-refractivity contribution in [3.8, 4) is 5.75 Å². The van der Waals surface area contributed by atoms with E-state index in [0.29, 0.717) is 16.5 Å². The second-order valence-electron chi connectivity index (χ2n) is 7.41. The van der Waals surface area contributed by atoms with E-state index in [2.05, 4.69) is 5.32 Å². The molecule has 2 aromatic rings. The molecule has 1 amide bonds. The highest BCUT2D eigenvalue weighted by atomic mass is 35.5. The molecule has 0 aromatic heterocycles. The van der Waals surface area contributed by atoms with E-state index in [-0.39, 0.29) is 16.3 Å². The second-order valence-corrected chi connectivity index (χ2v) is 9.81. The van der Waals surface area contributed by atoms with E-state index in [4.69, 9.17) is 16.3 Å². The lowest BCUT2D eigenvalue weighted by molar-refractivity contribution is -0.128. The number of nitrogens with zero attached hydrogens (tertiary/aromatic N) is 1. The molecule has 0 heterocycles. The van der Waals surface area contributed by atoms with Crippen LogP contribution in [-0.4, -0.2) is 33.0 Å². The number of carbonyl (C=O) groups is 1. The van der Waals surface area contributed by atoms with E-state index in [0.717, 1.165) is 6.42 Å². The molecule has 2 aromatic carbocycles. The molecule has 0 aliphatic carbocycles. The monoisotopic (exact) mass is 438 g/mol. The number of amides is 1. The molecule has 0 bridgehead atoms. The molecule has 0 saturated heterocycles. The van der Waals surface area contributed by atoms with Crippen LogP contribution in [0.1, 0.15) is 34.1 Å². The van der Waals surface area contributed by atoms with Gasteiger partial charge in [0.25, 0.3) is 15.9 Å². The van der Waals surface area contributed by atoms with Gasteiger partial charge in [-0.2, -0.15) is 0 Å². The molecule has 0 aliphatic heterocycles. The van der Waals surface area contributed by atoms with E-state index in [9.17, 15) is 13.2 Å². The van der Waals surface area contributed by atoms with Crippen LogP contribution in [-0.2, 0) is 14.8 Å². The van der Waals surface area contributed by atoms with Crippen LogP contribution >= 0.6 is 11.6 Å². The van der Waals surface area contributed by atoms with Gasteiger partial charge in [0, 0.05) is 17.6 Å². The summed E-state index contributed by atoms with van der Waals surface area (Å²) in [5.41, 5.74) is 0.161. The third-order valence-corrected chi connectivity index (χ3v) is 6.75. The summed E-state index contributed by atoms with van der Waals surface area (Å²) in [6.45, 7) is 7.57. The van der Waals surface area contributed by atoms with Crippen molar-refractivity contribution in [2.75, 3.05) is 11.4 Å². The van der Waals surface area contributed by atoms with Crippen LogP contribution in [0.3, 0.4) is 0 Å². The van der Waals surface area contributed by atoms with Crippen molar-refractivity contribution in [3.05, 3.63) is 53.6 Å². The minimum Gasteiger partial charge on any atom is -0.481 e. The minimum absolute atomic E-state index is 0.147. The van der Waals surface area contributed by atoms with Gasteiger partial charge in [0.15, 0.2) is 6.10 Å². The molecular formula is C21H27ClN2O4S. The Balaban J connectivity index is 2.09. The predicted molar refractivity (Wildman–Crippen MR) is 116 cm³/mol. The van der Waals surface area contributed by atoms with Crippen LogP contribution in [0.2, 0.25) is 5.02 Å². The van der Waals surface area contributed by atoms with Crippen molar-refractivity contribution >= 4 is 33.2 Å².